The zero-order chi connectivity index (χ0) is 22.1. The summed E-state index contributed by atoms with van der Waals surface area (Å²) in [5.41, 5.74) is 0.532. The minimum Gasteiger partial charge on any atom is -0.443 e. The number of para-hydroxylation sites is 2. The van der Waals surface area contributed by atoms with E-state index in [2.05, 4.69) is 0 Å². The number of rotatable bonds is 0. The molecule has 0 N–H and O–H groups in total. The number of likely N-dealkylation sites (N-methyl/N-ethyl adjacent to an activating group) is 1. The van der Waals surface area contributed by atoms with Gasteiger partial charge in [0.1, 0.15) is 11.5 Å². The molecule has 3 heterocycles. The second-order valence-electron chi connectivity index (χ2n) is 9.29. The Morgan fingerprint density at radius 1 is 1.06 bits per heavy atom. The van der Waals surface area contributed by atoms with Gasteiger partial charge < -0.3 is 14.4 Å². The van der Waals surface area contributed by atoms with Crippen LogP contribution >= 0.6 is 0 Å². The fraction of sp³-hybridized carbons (Fsp3) is 0.375. The van der Waals surface area contributed by atoms with Gasteiger partial charge >= 0.3 is 12.1 Å². The van der Waals surface area contributed by atoms with E-state index in [1.165, 1.54) is 9.80 Å². The molecule has 1 fully saturated rings. The van der Waals surface area contributed by atoms with Crippen LogP contribution in [0.5, 0.6) is 0 Å². The Morgan fingerprint density at radius 2 is 1.71 bits per heavy atom. The first-order valence-electron chi connectivity index (χ1n) is 10.4. The lowest BCUT2D eigenvalue weighted by Gasteiger charge is -2.40. The summed E-state index contributed by atoms with van der Waals surface area (Å²) in [6.07, 6.45) is -0.373. The lowest BCUT2D eigenvalue weighted by atomic mass is 9.79. The van der Waals surface area contributed by atoms with E-state index in [0.717, 1.165) is 0 Å². The number of fused-ring (bicyclic) bond motifs is 5. The monoisotopic (exact) mass is 420 g/mol. The Hall–Kier alpha value is -3.35. The van der Waals surface area contributed by atoms with E-state index in [1.807, 2.05) is 42.5 Å². The highest BCUT2D eigenvalue weighted by Gasteiger charge is 2.63. The first-order chi connectivity index (χ1) is 14.6. The predicted octanol–water partition coefficient (Wildman–Crippen LogP) is 3.71. The Bertz CT molecular complexity index is 1120. The minimum absolute atomic E-state index is 0.164. The van der Waals surface area contributed by atoms with Crippen LogP contribution in [0.2, 0.25) is 0 Å². The topological polar surface area (TPSA) is 76.2 Å². The highest BCUT2D eigenvalue weighted by molar-refractivity contribution is 6.09. The van der Waals surface area contributed by atoms with Gasteiger partial charge in [-0.15, -0.1) is 0 Å². The van der Waals surface area contributed by atoms with Crippen molar-refractivity contribution in [1.29, 1.82) is 0 Å². The van der Waals surface area contributed by atoms with Gasteiger partial charge in [0.2, 0.25) is 5.60 Å². The molecule has 3 aliphatic heterocycles. The molecule has 3 atom stereocenters. The van der Waals surface area contributed by atoms with Crippen molar-refractivity contribution in [3.8, 4) is 0 Å². The third-order valence-electron chi connectivity index (χ3n) is 6.21. The largest absolute Gasteiger partial charge is 0.443 e. The molecular formula is C24H24N2O5. The maximum atomic E-state index is 13.4. The van der Waals surface area contributed by atoms with Crippen LogP contribution in [0.4, 0.5) is 16.2 Å². The molecule has 0 aliphatic carbocycles. The van der Waals surface area contributed by atoms with Crippen LogP contribution in [0.25, 0.3) is 0 Å². The van der Waals surface area contributed by atoms with Crippen molar-refractivity contribution in [2.24, 2.45) is 0 Å². The SMILES string of the molecule is CN1C(=O)[C@@]2(CC3C(C(=O)O2)c2ccccc2N3C(=O)OC(C)(C)C)c2ccccc21. The molecular weight excluding hydrogens is 396 g/mol. The van der Waals surface area contributed by atoms with Crippen LogP contribution < -0.4 is 9.80 Å². The highest BCUT2D eigenvalue weighted by atomic mass is 16.6. The number of nitrogens with zero attached hydrogens (tertiary/aromatic N) is 2. The van der Waals surface area contributed by atoms with Crippen LogP contribution in [0.1, 0.15) is 44.2 Å². The Morgan fingerprint density at radius 3 is 2.42 bits per heavy atom. The molecule has 0 radical (unpaired) electrons. The van der Waals surface area contributed by atoms with Crippen LogP contribution in [-0.2, 0) is 24.7 Å². The van der Waals surface area contributed by atoms with Gasteiger partial charge in [0.05, 0.1) is 17.4 Å². The van der Waals surface area contributed by atoms with Gasteiger partial charge in [-0.1, -0.05) is 36.4 Å². The molecule has 1 saturated heterocycles. The molecule has 160 valence electrons. The maximum absolute atomic E-state index is 13.4. The minimum atomic E-state index is -1.45. The Labute approximate surface area is 180 Å². The van der Waals surface area contributed by atoms with Crippen molar-refractivity contribution in [3.05, 3.63) is 59.7 Å². The summed E-state index contributed by atoms with van der Waals surface area (Å²) >= 11 is 0. The van der Waals surface area contributed by atoms with E-state index in [4.69, 9.17) is 9.47 Å². The van der Waals surface area contributed by atoms with Gasteiger partial charge in [-0.2, -0.15) is 0 Å². The predicted molar refractivity (Wildman–Crippen MR) is 114 cm³/mol. The maximum Gasteiger partial charge on any atom is 0.415 e. The van der Waals surface area contributed by atoms with Gasteiger partial charge in [-0.25, -0.2) is 4.79 Å². The quantitative estimate of drug-likeness (QED) is 0.608. The average Bonchev–Trinajstić information content (AvgIpc) is 3.14. The lowest BCUT2D eigenvalue weighted by molar-refractivity contribution is -0.177. The van der Waals surface area contributed by atoms with E-state index < -0.39 is 35.2 Å². The van der Waals surface area contributed by atoms with Gasteiger partial charge in [0, 0.05) is 19.0 Å². The van der Waals surface area contributed by atoms with Gasteiger partial charge in [0.15, 0.2) is 0 Å². The number of hydrogen-bond acceptors (Lipinski definition) is 5. The summed E-state index contributed by atoms with van der Waals surface area (Å²) in [6.45, 7) is 5.39. The summed E-state index contributed by atoms with van der Waals surface area (Å²) in [7, 11) is 1.67. The van der Waals surface area contributed by atoms with E-state index in [0.29, 0.717) is 22.5 Å². The number of hydrogen-bond donors (Lipinski definition) is 0. The van der Waals surface area contributed by atoms with Crippen LogP contribution in [-0.4, -0.2) is 36.7 Å². The zero-order valence-corrected chi connectivity index (χ0v) is 17.9. The lowest BCUT2D eigenvalue weighted by Crippen LogP contribution is -2.55. The van der Waals surface area contributed by atoms with Crippen LogP contribution in [0.15, 0.2) is 48.5 Å². The summed E-state index contributed by atoms with van der Waals surface area (Å²) in [4.78, 5) is 43.0. The fourth-order valence-electron chi connectivity index (χ4n) is 5.01. The zero-order valence-electron chi connectivity index (χ0n) is 17.9. The van der Waals surface area contributed by atoms with E-state index >= 15 is 0 Å². The van der Waals surface area contributed by atoms with Crippen molar-refractivity contribution < 1.29 is 23.9 Å². The fourth-order valence-corrected chi connectivity index (χ4v) is 5.01. The van der Waals surface area contributed by atoms with Crippen molar-refractivity contribution in [2.75, 3.05) is 16.8 Å². The molecule has 3 aliphatic rings. The van der Waals surface area contributed by atoms with E-state index in [1.54, 1.807) is 33.9 Å². The summed E-state index contributed by atoms with van der Waals surface area (Å²) in [6, 6.07) is 14.0. The standard InChI is InChI=1S/C24H24N2O5/c1-23(2,3)31-22(29)26-16-11-7-5-9-14(16)19-18(26)13-24(30-20(19)27)15-10-6-8-12-17(15)25(4)21(24)28/h5-12,18-19H,13H2,1-4H3/t18?,19?,24-/m1/s1. The third-order valence-corrected chi connectivity index (χ3v) is 6.21. The molecule has 1 spiro atoms. The molecule has 2 aromatic rings. The number of ether oxygens (including phenoxy) is 2. The molecule has 0 aromatic heterocycles. The van der Waals surface area contributed by atoms with Crippen molar-refractivity contribution in [3.63, 3.8) is 0 Å². The first-order valence-corrected chi connectivity index (χ1v) is 10.4. The molecule has 0 bridgehead atoms. The molecule has 31 heavy (non-hydrogen) atoms. The Kier molecular flexibility index (Phi) is 4.00. The number of anilines is 2. The molecule has 0 saturated carbocycles. The third kappa shape index (κ3) is 2.69. The highest BCUT2D eigenvalue weighted by Crippen LogP contribution is 2.54. The van der Waals surface area contributed by atoms with Crippen LogP contribution in [0, 0.1) is 0 Å². The second-order valence-corrected chi connectivity index (χ2v) is 9.29. The number of esters is 1. The number of amides is 2. The molecule has 2 amide bonds. The van der Waals surface area contributed by atoms with Crippen molar-refractivity contribution in [2.45, 2.75) is 50.4 Å². The molecule has 7 heteroatoms. The second kappa shape index (κ2) is 6.33. The average molecular weight is 420 g/mol. The van der Waals surface area contributed by atoms with Gasteiger partial charge in [-0.3, -0.25) is 14.5 Å². The van der Waals surface area contributed by atoms with Crippen LogP contribution in [0.3, 0.4) is 0 Å². The van der Waals surface area contributed by atoms with Gasteiger partial charge in [-0.05, 0) is 38.5 Å². The van der Waals surface area contributed by atoms with E-state index in [9.17, 15) is 14.4 Å². The van der Waals surface area contributed by atoms with Crippen molar-refractivity contribution in [1.82, 2.24) is 0 Å². The summed E-state index contributed by atoms with van der Waals surface area (Å²) in [5, 5.41) is 0. The number of carbonyl (C=O) groups is 3. The number of benzene rings is 2. The summed E-state index contributed by atoms with van der Waals surface area (Å²) in [5.74, 6) is -1.48. The molecule has 2 aromatic carbocycles. The molecule has 7 nitrogen and oxygen atoms in total. The smallest absolute Gasteiger partial charge is 0.415 e. The van der Waals surface area contributed by atoms with E-state index in [-0.39, 0.29) is 12.3 Å². The molecule has 2 unspecified atom stereocenters. The Balaban J connectivity index is 1.63. The summed E-state index contributed by atoms with van der Waals surface area (Å²) < 4.78 is 11.6. The normalized spacial score (nSPS) is 26.5. The van der Waals surface area contributed by atoms with Crippen molar-refractivity contribution >= 4 is 29.3 Å². The number of carbonyl (C=O) groups excluding carboxylic acids is 3. The first kappa shape index (κ1) is 19.6. The molecule has 5 rings (SSSR count). The van der Waals surface area contributed by atoms with Gasteiger partial charge in [0.25, 0.3) is 5.91 Å².